The van der Waals surface area contributed by atoms with E-state index in [0.717, 1.165) is 13.1 Å². The van der Waals surface area contributed by atoms with Gasteiger partial charge in [-0.3, -0.25) is 10.1 Å². The molecule has 8 heteroatoms. The minimum atomic E-state index is -3.73. The maximum Gasteiger partial charge on any atom is 0.273 e. The first-order valence-corrected chi connectivity index (χ1v) is 7.87. The number of sulfonamides is 1. The number of piperidine rings is 1. The number of hydrogen-bond donors (Lipinski definition) is 2. The Morgan fingerprint density at radius 3 is 2.60 bits per heavy atom. The summed E-state index contributed by atoms with van der Waals surface area (Å²) in [5, 5.41) is 14.0. The molecule has 0 amide bonds. The van der Waals surface area contributed by atoms with Crippen LogP contribution in [0.15, 0.2) is 23.1 Å². The number of nitro groups is 1. The normalized spacial score (nSPS) is 17.1. The van der Waals surface area contributed by atoms with Gasteiger partial charge in [-0.1, -0.05) is 6.07 Å². The molecule has 0 aliphatic carbocycles. The van der Waals surface area contributed by atoms with Crippen LogP contribution in [0.3, 0.4) is 0 Å². The lowest BCUT2D eigenvalue weighted by atomic mass is 10.1. The van der Waals surface area contributed by atoms with Gasteiger partial charge in [0.25, 0.3) is 5.69 Å². The third-order valence-electron chi connectivity index (χ3n) is 3.40. The predicted octanol–water partition coefficient (Wildman–Crippen LogP) is 0.934. The first-order valence-electron chi connectivity index (χ1n) is 6.39. The average molecular weight is 299 g/mol. The fourth-order valence-electron chi connectivity index (χ4n) is 2.31. The van der Waals surface area contributed by atoms with Gasteiger partial charge < -0.3 is 5.32 Å². The second-order valence-electron chi connectivity index (χ2n) is 4.80. The van der Waals surface area contributed by atoms with Gasteiger partial charge in [-0.2, -0.15) is 0 Å². The Morgan fingerprint density at radius 2 is 2.00 bits per heavy atom. The van der Waals surface area contributed by atoms with Crippen molar-refractivity contribution in [3.8, 4) is 0 Å². The topological polar surface area (TPSA) is 101 Å². The Bertz CT molecular complexity index is 609. The van der Waals surface area contributed by atoms with Crippen LogP contribution in [0.1, 0.15) is 18.4 Å². The first kappa shape index (κ1) is 14.9. The van der Waals surface area contributed by atoms with Gasteiger partial charge in [-0.25, -0.2) is 13.1 Å². The molecule has 2 rings (SSSR count). The van der Waals surface area contributed by atoms with E-state index in [4.69, 9.17) is 0 Å². The zero-order valence-corrected chi connectivity index (χ0v) is 11.9. The third-order valence-corrected chi connectivity index (χ3v) is 5.07. The summed E-state index contributed by atoms with van der Waals surface area (Å²) in [5.74, 6) is 0. The van der Waals surface area contributed by atoms with E-state index in [2.05, 4.69) is 10.0 Å². The molecule has 1 aromatic carbocycles. The molecule has 0 unspecified atom stereocenters. The number of nitrogens with one attached hydrogen (secondary N) is 2. The molecule has 0 aromatic heterocycles. The molecule has 0 spiro atoms. The van der Waals surface area contributed by atoms with E-state index in [1.807, 2.05) is 0 Å². The lowest BCUT2D eigenvalue weighted by molar-refractivity contribution is -0.385. The van der Waals surface area contributed by atoms with E-state index in [9.17, 15) is 18.5 Å². The molecule has 1 saturated heterocycles. The summed E-state index contributed by atoms with van der Waals surface area (Å²) >= 11 is 0. The monoisotopic (exact) mass is 299 g/mol. The number of nitro benzene ring substituents is 1. The van der Waals surface area contributed by atoms with Crippen LogP contribution < -0.4 is 10.0 Å². The highest BCUT2D eigenvalue weighted by molar-refractivity contribution is 7.89. The fraction of sp³-hybridized carbons (Fsp3) is 0.500. The van der Waals surface area contributed by atoms with Crippen molar-refractivity contribution in [1.82, 2.24) is 10.0 Å². The SMILES string of the molecule is Cc1c([N+](=O)[O-])cccc1S(=O)(=O)NC1CCNCC1. The van der Waals surface area contributed by atoms with Gasteiger partial charge in [0.2, 0.25) is 10.0 Å². The van der Waals surface area contributed by atoms with Crippen molar-refractivity contribution >= 4 is 15.7 Å². The average Bonchev–Trinajstić information content (AvgIpc) is 2.39. The molecule has 0 saturated carbocycles. The summed E-state index contributed by atoms with van der Waals surface area (Å²) in [6.07, 6.45) is 1.43. The Hall–Kier alpha value is -1.51. The van der Waals surface area contributed by atoms with Crippen molar-refractivity contribution in [2.45, 2.75) is 30.7 Å². The van der Waals surface area contributed by atoms with Crippen molar-refractivity contribution < 1.29 is 13.3 Å². The van der Waals surface area contributed by atoms with Crippen molar-refractivity contribution in [3.63, 3.8) is 0 Å². The van der Waals surface area contributed by atoms with Gasteiger partial charge in [-0.15, -0.1) is 0 Å². The van der Waals surface area contributed by atoms with Crippen LogP contribution >= 0.6 is 0 Å². The fourth-order valence-corrected chi connectivity index (χ4v) is 3.88. The summed E-state index contributed by atoms with van der Waals surface area (Å²) in [4.78, 5) is 10.3. The van der Waals surface area contributed by atoms with Gasteiger partial charge in [0.1, 0.15) is 0 Å². The van der Waals surface area contributed by atoms with Gasteiger partial charge in [0.15, 0.2) is 0 Å². The molecule has 7 nitrogen and oxygen atoms in total. The second-order valence-corrected chi connectivity index (χ2v) is 6.49. The van der Waals surface area contributed by atoms with Gasteiger partial charge >= 0.3 is 0 Å². The van der Waals surface area contributed by atoms with E-state index in [1.165, 1.54) is 25.1 Å². The molecule has 20 heavy (non-hydrogen) atoms. The summed E-state index contributed by atoms with van der Waals surface area (Å²) in [5.41, 5.74) is -0.0166. The predicted molar refractivity (Wildman–Crippen MR) is 74.0 cm³/mol. The van der Waals surface area contributed by atoms with Crippen molar-refractivity contribution in [3.05, 3.63) is 33.9 Å². The summed E-state index contributed by atoms with van der Waals surface area (Å²) < 4.78 is 27.3. The summed E-state index contributed by atoms with van der Waals surface area (Å²) in [6.45, 7) is 2.98. The number of hydrogen-bond acceptors (Lipinski definition) is 5. The Balaban J connectivity index is 2.29. The Morgan fingerprint density at radius 1 is 1.35 bits per heavy atom. The minimum Gasteiger partial charge on any atom is -0.317 e. The number of benzene rings is 1. The molecule has 1 heterocycles. The van der Waals surface area contributed by atoms with Crippen LogP contribution in [0.4, 0.5) is 5.69 Å². The van der Waals surface area contributed by atoms with Crippen LogP contribution in [0.5, 0.6) is 0 Å². The second kappa shape index (κ2) is 5.86. The van der Waals surface area contributed by atoms with Crippen LogP contribution in [-0.4, -0.2) is 32.5 Å². The maximum atomic E-state index is 12.3. The largest absolute Gasteiger partial charge is 0.317 e. The smallest absolute Gasteiger partial charge is 0.273 e. The zero-order valence-electron chi connectivity index (χ0n) is 11.1. The quantitative estimate of drug-likeness (QED) is 0.636. The van der Waals surface area contributed by atoms with Crippen LogP contribution in [0.25, 0.3) is 0 Å². The maximum absolute atomic E-state index is 12.3. The highest BCUT2D eigenvalue weighted by atomic mass is 32.2. The lowest BCUT2D eigenvalue weighted by Gasteiger charge is -2.23. The first-order chi connectivity index (χ1) is 9.42. The standard InChI is InChI=1S/C12H17N3O4S/c1-9-11(15(16)17)3-2-4-12(9)20(18,19)14-10-5-7-13-8-6-10/h2-4,10,13-14H,5-8H2,1H3. The number of nitrogens with zero attached hydrogens (tertiary/aromatic N) is 1. The van der Waals surface area contributed by atoms with E-state index < -0.39 is 14.9 Å². The summed E-state index contributed by atoms with van der Waals surface area (Å²) in [7, 11) is -3.73. The van der Waals surface area contributed by atoms with Crippen molar-refractivity contribution in [1.29, 1.82) is 0 Å². The van der Waals surface area contributed by atoms with Gasteiger partial charge in [0, 0.05) is 17.7 Å². The number of rotatable bonds is 4. The van der Waals surface area contributed by atoms with Crippen LogP contribution in [0.2, 0.25) is 0 Å². The summed E-state index contributed by atoms with van der Waals surface area (Å²) in [6, 6.07) is 3.96. The van der Waals surface area contributed by atoms with Crippen molar-refractivity contribution in [2.24, 2.45) is 0 Å². The molecule has 1 fully saturated rings. The Labute approximate surface area is 117 Å². The van der Waals surface area contributed by atoms with E-state index >= 15 is 0 Å². The molecular formula is C12H17N3O4S. The highest BCUT2D eigenvalue weighted by Gasteiger charge is 2.26. The van der Waals surface area contributed by atoms with Gasteiger partial charge in [-0.05, 0) is 38.9 Å². The van der Waals surface area contributed by atoms with E-state index in [0.29, 0.717) is 12.8 Å². The van der Waals surface area contributed by atoms with Crippen molar-refractivity contribution in [2.75, 3.05) is 13.1 Å². The molecule has 1 aromatic rings. The van der Waals surface area contributed by atoms with Crippen LogP contribution in [-0.2, 0) is 10.0 Å². The van der Waals surface area contributed by atoms with Crippen LogP contribution in [0, 0.1) is 17.0 Å². The molecule has 1 aliphatic rings. The van der Waals surface area contributed by atoms with E-state index in [-0.39, 0.29) is 22.2 Å². The molecule has 0 radical (unpaired) electrons. The van der Waals surface area contributed by atoms with Gasteiger partial charge in [0.05, 0.1) is 9.82 Å². The highest BCUT2D eigenvalue weighted by Crippen LogP contribution is 2.25. The molecule has 1 aliphatic heterocycles. The Kier molecular flexibility index (Phi) is 4.36. The lowest BCUT2D eigenvalue weighted by Crippen LogP contribution is -2.42. The third kappa shape index (κ3) is 3.14. The molecule has 0 bridgehead atoms. The molecule has 0 atom stereocenters. The molecular weight excluding hydrogens is 282 g/mol. The molecule has 2 N–H and O–H groups in total. The van der Waals surface area contributed by atoms with E-state index in [1.54, 1.807) is 0 Å². The zero-order chi connectivity index (χ0) is 14.8. The minimum absolute atomic E-state index is 0.0229. The molecule has 110 valence electrons.